The van der Waals surface area contributed by atoms with Crippen molar-refractivity contribution in [1.29, 1.82) is 5.26 Å². The highest BCUT2D eigenvalue weighted by Gasteiger charge is 2.37. The van der Waals surface area contributed by atoms with Gasteiger partial charge in [0.1, 0.15) is 6.07 Å². The first-order valence-electron chi connectivity index (χ1n) is 13.1. The second-order valence-corrected chi connectivity index (χ2v) is 10.3. The van der Waals surface area contributed by atoms with Crippen LogP contribution in [0.2, 0.25) is 5.02 Å². The first-order valence-corrected chi connectivity index (χ1v) is 13.5. The Bertz CT molecular complexity index is 1660. The molecule has 1 aliphatic rings. The summed E-state index contributed by atoms with van der Waals surface area (Å²) in [4.78, 5) is 7.61. The summed E-state index contributed by atoms with van der Waals surface area (Å²) in [7, 11) is 0. The van der Waals surface area contributed by atoms with E-state index >= 15 is 0 Å². The molecule has 2 aromatic heterocycles. The minimum Gasteiger partial charge on any atom is -0.397 e. The van der Waals surface area contributed by atoms with Crippen LogP contribution in [0.4, 0.5) is 20.2 Å². The van der Waals surface area contributed by atoms with Crippen LogP contribution < -0.4 is 21.7 Å². The highest BCUT2D eigenvalue weighted by Crippen LogP contribution is 2.38. The molecule has 0 aliphatic heterocycles. The van der Waals surface area contributed by atoms with Gasteiger partial charge in [0.05, 0.1) is 39.1 Å². The van der Waals surface area contributed by atoms with E-state index in [0.29, 0.717) is 16.6 Å². The fraction of sp³-hybridized carbons (Fsp3) is 0.233. The number of nitrogens with one attached hydrogen (secondary N) is 3. The Kier molecular flexibility index (Phi) is 7.92. The molecule has 5 rings (SSSR count). The number of halogens is 3. The van der Waals surface area contributed by atoms with Crippen LogP contribution in [0.5, 0.6) is 0 Å². The number of nitrogens with two attached hydrogens (primary N) is 1. The van der Waals surface area contributed by atoms with Crippen LogP contribution in [0.1, 0.15) is 48.9 Å². The van der Waals surface area contributed by atoms with Gasteiger partial charge in [-0.15, -0.1) is 0 Å². The van der Waals surface area contributed by atoms with E-state index in [2.05, 4.69) is 32.0 Å². The van der Waals surface area contributed by atoms with Gasteiger partial charge in [0.25, 0.3) is 0 Å². The highest BCUT2D eigenvalue weighted by molar-refractivity contribution is 6.35. The van der Waals surface area contributed by atoms with Gasteiger partial charge in [-0.25, -0.2) is 0 Å². The third kappa shape index (κ3) is 5.87. The van der Waals surface area contributed by atoms with Gasteiger partial charge in [-0.1, -0.05) is 48.9 Å². The highest BCUT2D eigenvalue weighted by atomic mass is 35.5. The lowest BCUT2D eigenvalue weighted by Gasteiger charge is -2.31. The van der Waals surface area contributed by atoms with Crippen molar-refractivity contribution in [2.75, 3.05) is 10.6 Å². The number of nitriles is 1. The summed E-state index contributed by atoms with van der Waals surface area (Å²) in [6.45, 7) is 2.02. The average molecular weight is 576 g/mol. The molecular formula is C30H28ClF2N7O. The molecule has 0 saturated heterocycles. The maximum atomic E-state index is 14.9. The predicted molar refractivity (Wildman–Crippen MR) is 155 cm³/mol. The molecule has 8 nitrogen and oxygen atoms in total. The molecular weight excluding hydrogens is 548 g/mol. The molecule has 0 bridgehead atoms. The van der Waals surface area contributed by atoms with Gasteiger partial charge in [0, 0.05) is 29.5 Å². The number of hydrogen-bond donors (Lipinski definition) is 5. The van der Waals surface area contributed by atoms with E-state index < -0.39 is 17.6 Å². The van der Waals surface area contributed by atoms with Crippen molar-refractivity contribution in [3.63, 3.8) is 0 Å². The molecule has 0 spiro atoms. The lowest BCUT2D eigenvalue weighted by atomic mass is 9.99. The van der Waals surface area contributed by atoms with Crippen LogP contribution in [0.25, 0.3) is 10.9 Å². The summed E-state index contributed by atoms with van der Waals surface area (Å²) in [6.07, 6.45) is 5.43. The number of hydrogen-bond acceptors (Lipinski definition) is 8. The number of fused-ring (bicyclic) bond motifs is 1. The number of anilines is 2. The zero-order chi connectivity index (χ0) is 29.1. The van der Waals surface area contributed by atoms with Crippen molar-refractivity contribution in [1.82, 2.24) is 15.3 Å². The van der Waals surface area contributed by atoms with Gasteiger partial charge in [-0.2, -0.15) is 19.0 Å². The minimum absolute atomic E-state index is 0.132. The lowest BCUT2D eigenvalue weighted by Crippen LogP contribution is -2.42. The number of rotatable bonds is 10. The first-order chi connectivity index (χ1) is 19.7. The van der Waals surface area contributed by atoms with Crippen LogP contribution in [-0.2, 0) is 5.72 Å². The van der Waals surface area contributed by atoms with E-state index in [-0.39, 0.29) is 39.6 Å². The predicted octanol–water partition coefficient (Wildman–Crippen LogP) is 5.81. The lowest BCUT2D eigenvalue weighted by molar-refractivity contribution is 0.0995. The Morgan fingerprint density at radius 1 is 1.24 bits per heavy atom. The molecule has 1 saturated carbocycles. The summed E-state index contributed by atoms with van der Waals surface area (Å²) >= 11 is 6.65. The molecule has 2 heterocycles. The van der Waals surface area contributed by atoms with Crippen molar-refractivity contribution >= 4 is 33.9 Å². The van der Waals surface area contributed by atoms with E-state index in [0.717, 1.165) is 37.0 Å². The molecule has 1 fully saturated rings. The minimum atomic E-state index is -2.34. The van der Waals surface area contributed by atoms with Gasteiger partial charge in [0.15, 0.2) is 0 Å². The molecule has 0 amide bonds. The molecule has 2 unspecified atom stereocenters. The van der Waals surface area contributed by atoms with Crippen molar-refractivity contribution in [3.05, 3.63) is 106 Å². The van der Waals surface area contributed by atoms with E-state index in [1.807, 2.05) is 37.3 Å². The quantitative estimate of drug-likeness (QED) is 0.118. The molecule has 2 aromatic carbocycles. The fourth-order valence-electron chi connectivity index (χ4n) is 4.60. The van der Waals surface area contributed by atoms with Crippen LogP contribution in [0.3, 0.4) is 0 Å². The topological polar surface area (TPSA) is 132 Å². The van der Waals surface area contributed by atoms with Crippen molar-refractivity contribution < 1.29 is 13.9 Å². The number of aromatic nitrogens is 2. The molecule has 41 heavy (non-hydrogen) atoms. The Morgan fingerprint density at radius 2 is 2.00 bits per heavy atom. The summed E-state index contributed by atoms with van der Waals surface area (Å²) < 4.78 is 28.6. The fourth-order valence-corrected chi connectivity index (χ4v) is 4.87. The smallest absolute Gasteiger partial charge is 0.224 e. The van der Waals surface area contributed by atoms with Gasteiger partial charge >= 0.3 is 0 Å². The maximum absolute atomic E-state index is 14.9. The van der Waals surface area contributed by atoms with E-state index in [4.69, 9.17) is 17.3 Å². The monoisotopic (exact) mass is 575 g/mol. The summed E-state index contributed by atoms with van der Waals surface area (Å²) in [6, 6.07) is 17.2. The Labute approximate surface area is 240 Å². The number of pyridine rings is 2. The zero-order valence-corrected chi connectivity index (χ0v) is 22.9. The van der Waals surface area contributed by atoms with Crippen molar-refractivity contribution in [2.45, 2.75) is 44.0 Å². The van der Waals surface area contributed by atoms with Crippen molar-refractivity contribution in [3.8, 4) is 6.07 Å². The van der Waals surface area contributed by atoms with E-state index in [9.17, 15) is 19.1 Å². The molecule has 4 aromatic rings. The standard InChI is InChI=1S/C30H28ClF2N7O/c1-2-24(17-6-4-3-5-7-17)38-27-18(14-34)15-37-28-21(27)12-20(13-23(28)31)40-30(41,25(35)16-36-19-8-9-19)22-10-11-26(32)39-29(22)33/h3-7,10-13,15-16,19,24,36,40-41H,2,8-9,35H2,1H3,(H,37,38)/b25-16-. The average Bonchev–Trinajstić information content (AvgIpc) is 3.79. The van der Waals surface area contributed by atoms with Crippen molar-refractivity contribution in [2.24, 2.45) is 5.73 Å². The molecule has 0 radical (unpaired) electrons. The van der Waals surface area contributed by atoms with E-state index in [1.54, 1.807) is 6.07 Å². The largest absolute Gasteiger partial charge is 0.397 e. The second kappa shape index (κ2) is 11.6. The van der Waals surface area contributed by atoms with E-state index in [1.165, 1.54) is 18.5 Å². The van der Waals surface area contributed by atoms with Gasteiger partial charge in [-0.3, -0.25) is 4.98 Å². The summed E-state index contributed by atoms with van der Waals surface area (Å²) in [5, 5.41) is 31.8. The maximum Gasteiger partial charge on any atom is 0.224 e. The van der Waals surface area contributed by atoms with Crippen LogP contribution >= 0.6 is 11.6 Å². The van der Waals surface area contributed by atoms with Crippen LogP contribution in [0.15, 0.2) is 72.7 Å². The summed E-state index contributed by atoms with van der Waals surface area (Å²) in [5.74, 6) is -2.28. The number of benzene rings is 2. The molecule has 1 aliphatic carbocycles. The van der Waals surface area contributed by atoms with Crippen LogP contribution in [-0.4, -0.2) is 21.1 Å². The Hall–Kier alpha value is -4.46. The van der Waals surface area contributed by atoms with Gasteiger partial charge in [0.2, 0.25) is 17.6 Å². The van der Waals surface area contributed by atoms with Gasteiger partial charge < -0.3 is 26.8 Å². The Balaban J connectivity index is 1.62. The number of aliphatic hydroxyl groups is 1. The number of nitrogens with zero attached hydrogens (tertiary/aromatic N) is 3. The summed E-state index contributed by atoms with van der Waals surface area (Å²) in [5.41, 5.74) is 5.85. The third-order valence-electron chi connectivity index (χ3n) is 6.97. The molecule has 11 heteroatoms. The molecule has 2 atom stereocenters. The molecule has 210 valence electrons. The van der Waals surface area contributed by atoms with Crippen LogP contribution in [0, 0.1) is 23.2 Å². The van der Waals surface area contributed by atoms with Gasteiger partial charge in [-0.05, 0) is 49.1 Å². The zero-order valence-electron chi connectivity index (χ0n) is 22.1. The second-order valence-electron chi connectivity index (χ2n) is 9.88. The normalized spacial score (nSPS) is 15.6. The third-order valence-corrected chi connectivity index (χ3v) is 7.26. The molecule has 6 N–H and O–H groups in total. The first kappa shape index (κ1) is 28.1. The SMILES string of the molecule is CCC(Nc1c(C#N)cnc2c(Cl)cc(NC(O)(/C(N)=C/NC3CC3)c3ccc(F)nc3F)cc12)c1ccccc1. The Morgan fingerprint density at radius 3 is 2.66 bits per heavy atom.